The molecule has 3 rings (SSSR count). The number of hydrogen-bond acceptors (Lipinski definition) is 7. The van der Waals surface area contributed by atoms with Crippen molar-refractivity contribution in [3.8, 4) is 11.5 Å². The summed E-state index contributed by atoms with van der Waals surface area (Å²) in [5, 5.41) is 9.28. The van der Waals surface area contributed by atoms with Gasteiger partial charge in [-0.25, -0.2) is 13.1 Å². The quantitative estimate of drug-likeness (QED) is 0.830. The molecule has 10 heteroatoms. The van der Waals surface area contributed by atoms with Crippen LogP contribution >= 0.6 is 11.3 Å². The summed E-state index contributed by atoms with van der Waals surface area (Å²) in [6, 6.07) is 1.47. The van der Waals surface area contributed by atoms with Crippen LogP contribution < -0.4 is 4.72 Å². The Balaban J connectivity index is 1.77. The average Bonchev–Trinajstić information content (AvgIpc) is 3.32. The van der Waals surface area contributed by atoms with Crippen molar-refractivity contribution in [3.05, 3.63) is 17.3 Å². The normalized spacial score (nSPS) is 15.1. The molecule has 0 atom stereocenters. The number of aromatic nitrogens is 2. The molecule has 0 bridgehead atoms. The number of carbonyl (C=O) groups is 1. The van der Waals surface area contributed by atoms with E-state index in [9.17, 15) is 13.2 Å². The van der Waals surface area contributed by atoms with Crippen molar-refractivity contribution in [2.75, 3.05) is 19.6 Å². The van der Waals surface area contributed by atoms with E-state index in [-0.39, 0.29) is 21.9 Å². The van der Waals surface area contributed by atoms with Crippen molar-refractivity contribution in [2.24, 2.45) is 0 Å². The van der Waals surface area contributed by atoms with Gasteiger partial charge in [0.05, 0.1) is 5.56 Å². The molecule has 0 aliphatic carbocycles. The fourth-order valence-electron chi connectivity index (χ4n) is 2.36. The minimum absolute atomic E-state index is 0.0633. The summed E-state index contributed by atoms with van der Waals surface area (Å²) in [5.74, 6) is -0.198. The first kappa shape index (κ1) is 17.1. The lowest BCUT2D eigenvalue weighted by molar-refractivity contribution is 0.0754. The molecule has 0 saturated carbocycles. The van der Waals surface area contributed by atoms with Crippen LogP contribution in [0.5, 0.6) is 0 Å². The zero-order chi connectivity index (χ0) is 17.2. The van der Waals surface area contributed by atoms with E-state index in [0.29, 0.717) is 31.6 Å². The Kier molecular flexibility index (Phi) is 4.97. The SMILES string of the molecule is CCCNS(=O)(=O)c1cc(-c2nnc(C(=O)N3CCCC3)o2)cs1. The molecule has 0 unspecified atom stereocenters. The van der Waals surface area contributed by atoms with Crippen molar-refractivity contribution in [2.45, 2.75) is 30.4 Å². The molecule has 2 aromatic rings. The molecular weight excluding hydrogens is 352 g/mol. The van der Waals surface area contributed by atoms with Crippen molar-refractivity contribution < 1.29 is 17.6 Å². The standard InChI is InChI=1S/C14H18N4O4S2/c1-2-5-15-24(20,21)11-8-10(9-23-11)12-16-17-13(22-12)14(19)18-6-3-4-7-18/h8-9,15H,2-7H2,1H3. The molecule has 3 heterocycles. The topological polar surface area (TPSA) is 105 Å². The van der Waals surface area contributed by atoms with Crippen LogP contribution in [0.3, 0.4) is 0 Å². The Morgan fingerprint density at radius 2 is 2.12 bits per heavy atom. The van der Waals surface area contributed by atoms with Crippen molar-refractivity contribution >= 4 is 27.3 Å². The predicted molar refractivity (Wildman–Crippen MR) is 88.2 cm³/mol. The number of nitrogens with zero attached hydrogens (tertiary/aromatic N) is 3. The Morgan fingerprint density at radius 3 is 2.83 bits per heavy atom. The van der Waals surface area contributed by atoms with Gasteiger partial charge in [0.1, 0.15) is 4.21 Å². The number of amides is 1. The van der Waals surface area contributed by atoms with Gasteiger partial charge in [0.25, 0.3) is 0 Å². The van der Waals surface area contributed by atoms with Gasteiger partial charge in [0.15, 0.2) is 0 Å². The minimum Gasteiger partial charge on any atom is -0.412 e. The summed E-state index contributed by atoms with van der Waals surface area (Å²) in [6.45, 7) is 3.66. The maximum absolute atomic E-state index is 12.2. The van der Waals surface area contributed by atoms with Gasteiger partial charge in [-0.3, -0.25) is 4.79 Å². The Bertz CT molecular complexity index is 821. The first-order valence-electron chi connectivity index (χ1n) is 7.72. The highest BCUT2D eigenvalue weighted by molar-refractivity contribution is 7.91. The third kappa shape index (κ3) is 3.50. The van der Waals surface area contributed by atoms with Gasteiger partial charge in [-0.15, -0.1) is 21.5 Å². The smallest absolute Gasteiger partial charge is 0.311 e. The van der Waals surface area contributed by atoms with Gasteiger partial charge in [-0.1, -0.05) is 6.92 Å². The van der Waals surface area contributed by atoms with Crippen LogP contribution in [-0.2, 0) is 10.0 Å². The average molecular weight is 370 g/mol. The molecule has 2 aromatic heterocycles. The van der Waals surface area contributed by atoms with Gasteiger partial charge in [-0.05, 0) is 25.3 Å². The van der Waals surface area contributed by atoms with Crippen molar-refractivity contribution in [3.63, 3.8) is 0 Å². The zero-order valence-corrected chi connectivity index (χ0v) is 14.8. The predicted octanol–water partition coefficient (Wildman–Crippen LogP) is 1.72. The molecule has 130 valence electrons. The van der Waals surface area contributed by atoms with Crippen molar-refractivity contribution in [1.29, 1.82) is 0 Å². The fraction of sp³-hybridized carbons (Fsp3) is 0.500. The van der Waals surface area contributed by atoms with Crippen LogP contribution in [0.1, 0.15) is 36.9 Å². The molecule has 0 spiro atoms. The highest BCUT2D eigenvalue weighted by Crippen LogP contribution is 2.28. The van der Waals surface area contributed by atoms with Crippen LogP contribution in [-0.4, -0.2) is 49.1 Å². The summed E-state index contributed by atoms with van der Waals surface area (Å²) in [6.07, 6.45) is 2.66. The maximum Gasteiger partial charge on any atom is 0.311 e. The second-order valence-corrected chi connectivity index (χ2v) is 8.37. The van der Waals surface area contributed by atoms with Crippen LogP contribution in [0.15, 0.2) is 20.1 Å². The lowest BCUT2D eigenvalue weighted by atomic mass is 10.3. The molecular formula is C14H18N4O4S2. The molecule has 8 nitrogen and oxygen atoms in total. The first-order valence-corrected chi connectivity index (χ1v) is 10.1. The monoisotopic (exact) mass is 370 g/mol. The summed E-state index contributed by atoms with van der Waals surface area (Å²) in [5.41, 5.74) is 0.491. The van der Waals surface area contributed by atoms with Gasteiger partial charge in [0, 0.05) is 25.0 Å². The largest absolute Gasteiger partial charge is 0.412 e. The van der Waals surface area contributed by atoms with E-state index in [1.165, 1.54) is 6.07 Å². The number of nitrogens with one attached hydrogen (secondary N) is 1. The Morgan fingerprint density at radius 1 is 1.38 bits per heavy atom. The highest BCUT2D eigenvalue weighted by Gasteiger charge is 2.25. The number of hydrogen-bond donors (Lipinski definition) is 1. The zero-order valence-electron chi connectivity index (χ0n) is 13.2. The van der Waals surface area contributed by atoms with E-state index in [0.717, 1.165) is 24.2 Å². The number of sulfonamides is 1. The van der Waals surface area contributed by atoms with Crippen LogP contribution in [0.4, 0.5) is 0 Å². The maximum atomic E-state index is 12.2. The molecule has 1 aliphatic rings. The minimum atomic E-state index is -3.53. The second kappa shape index (κ2) is 6.99. The fourth-order valence-corrected chi connectivity index (χ4v) is 4.69. The summed E-state index contributed by atoms with van der Waals surface area (Å²) in [4.78, 5) is 13.9. The first-order chi connectivity index (χ1) is 11.5. The summed E-state index contributed by atoms with van der Waals surface area (Å²) in [7, 11) is -3.53. The molecule has 0 radical (unpaired) electrons. The van der Waals surface area contributed by atoms with Crippen LogP contribution in [0.25, 0.3) is 11.5 Å². The van der Waals surface area contributed by atoms with Gasteiger partial charge in [0.2, 0.25) is 15.9 Å². The van der Waals surface area contributed by atoms with E-state index < -0.39 is 10.0 Å². The molecule has 24 heavy (non-hydrogen) atoms. The summed E-state index contributed by atoms with van der Waals surface area (Å²) >= 11 is 1.07. The van der Waals surface area contributed by atoms with E-state index in [1.807, 2.05) is 6.92 Å². The van der Waals surface area contributed by atoms with E-state index >= 15 is 0 Å². The molecule has 0 aromatic carbocycles. The third-order valence-electron chi connectivity index (χ3n) is 3.63. The molecule has 1 aliphatic heterocycles. The van der Waals surface area contributed by atoms with E-state index in [4.69, 9.17) is 4.42 Å². The lowest BCUT2D eigenvalue weighted by Gasteiger charge is -2.11. The number of thiophene rings is 1. The third-order valence-corrected chi connectivity index (χ3v) is 6.53. The summed E-state index contributed by atoms with van der Waals surface area (Å²) < 4.78 is 32.3. The lowest BCUT2D eigenvalue weighted by Crippen LogP contribution is -2.27. The highest BCUT2D eigenvalue weighted by atomic mass is 32.2. The van der Waals surface area contributed by atoms with E-state index in [2.05, 4.69) is 14.9 Å². The molecule has 1 amide bonds. The molecule has 1 N–H and O–H groups in total. The number of carbonyl (C=O) groups excluding carboxylic acids is 1. The Hall–Kier alpha value is -1.78. The van der Waals surface area contributed by atoms with Gasteiger partial charge < -0.3 is 9.32 Å². The Labute approximate surface area is 143 Å². The van der Waals surface area contributed by atoms with Crippen LogP contribution in [0, 0.1) is 0 Å². The van der Waals surface area contributed by atoms with Crippen LogP contribution in [0.2, 0.25) is 0 Å². The van der Waals surface area contributed by atoms with Gasteiger partial charge in [-0.2, -0.15) is 0 Å². The van der Waals surface area contributed by atoms with E-state index in [1.54, 1.807) is 10.3 Å². The van der Waals surface area contributed by atoms with Gasteiger partial charge >= 0.3 is 11.8 Å². The second-order valence-electron chi connectivity index (χ2n) is 5.46. The molecule has 1 fully saturated rings. The van der Waals surface area contributed by atoms with Crippen molar-refractivity contribution in [1.82, 2.24) is 19.8 Å². The molecule has 1 saturated heterocycles. The number of rotatable bonds is 6. The number of likely N-dealkylation sites (tertiary alicyclic amines) is 1.